The summed E-state index contributed by atoms with van der Waals surface area (Å²) in [5.74, 6) is 2.92. The molecule has 3 fully saturated rings. The average Bonchev–Trinajstić information content (AvgIpc) is 3.10. The van der Waals surface area contributed by atoms with E-state index < -0.39 is 0 Å². The number of amides is 1. The van der Waals surface area contributed by atoms with Gasteiger partial charge in [-0.15, -0.1) is 0 Å². The lowest BCUT2D eigenvalue weighted by atomic mass is 9.79. The van der Waals surface area contributed by atoms with Gasteiger partial charge in [0.25, 0.3) is 0 Å². The van der Waals surface area contributed by atoms with Gasteiger partial charge in [-0.3, -0.25) is 5.32 Å². The van der Waals surface area contributed by atoms with Gasteiger partial charge in [0.05, 0.1) is 12.5 Å². The third-order valence-corrected chi connectivity index (χ3v) is 6.19. The van der Waals surface area contributed by atoms with E-state index in [1.807, 2.05) is 18.2 Å². The van der Waals surface area contributed by atoms with Crippen LogP contribution in [0.1, 0.15) is 24.3 Å². The molecule has 24 heavy (non-hydrogen) atoms. The fraction of sp³-hybridized carbons (Fsp3) is 0.556. The van der Waals surface area contributed by atoms with Crippen molar-refractivity contribution < 1.29 is 9.53 Å². The first-order valence-corrected chi connectivity index (χ1v) is 9.65. The molecule has 3 saturated heterocycles. The molecule has 0 aromatic heterocycles. The zero-order valence-corrected chi connectivity index (χ0v) is 14.5. The van der Waals surface area contributed by atoms with Crippen LogP contribution in [0.15, 0.2) is 34.7 Å². The molecule has 2 atom stereocenters. The van der Waals surface area contributed by atoms with Crippen LogP contribution in [0.25, 0.3) is 0 Å². The van der Waals surface area contributed by atoms with Gasteiger partial charge in [0.2, 0.25) is 0 Å². The van der Waals surface area contributed by atoms with Gasteiger partial charge in [-0.05, 0) is 49.4 Å². The average molecular weight is 345 g/mol. The topological polar surface area (TPSA) is 53.9 Å². The number of nitrogens with zero attached hydrogens (tertiary/aromatic N) is 2. The van der Waals surface area contributed by atoms with E-state index in [9.17, 15) is 4.79 Å². The van der Waals surface area contributed by atoms with Crippen molar-refractivity contribution in [2.75, 3.05) is 32.0 Å². The first kappa shape index (κ1) is 16.0. The number of ether oxygens (including phenoxy) is 1. The molecule has 4 aliphatic heterocycles. The molecule has 6 heteroatoms. The van der Waals surface area contributed by atoms with Crippen LogP contribution in [-0.4, -0.2) is 48.8 Å². The Morgan fingerprint density at radius 3 is 2.79 bits per heavy atom. The van der Waals surface area contributed by atoms with Crippen LogP contribution >= 0.6 is 11.9 Å². The van der Waals surface area contributed by atoms with Gasteiger partial charge in [-0.1, -0.05) is 30.3 Å². The maximum Gasteiger partial charge on any atom is 0.412 e. The summed E-state index contributed by atoms with van der Waals surface area (Å²) in [6, 6.07) is 10.2. The molecule has 128 valence electrons. The van der Waals surface area contributed by atoms with Gasteiger partial charge in [0.15, 0.2) is 0 Å². The van der Waals surface area contributed by atoms with Gasteiger partial charge in [0.1, 0.15) is 5.84 Å². The summed E-state index contributed by atoms with van der Waals surface area (Å²) >= 11 is 1.49. The number of fused-ring (bicyclic) bond motifs is 3. The van der Waals surface area contributed by atoms with Crippen LogP contribution in [-0.2, 0) is 4.74 Å². The van der Waals surface area contributed by atoms with Crippen LogP contribution in [0.3, 0.4) is 0 Å². The van der Waals surface area contributed by atoms with Crippen LogP contribution in [0.4, 0.5) is 4.79 Å². The highest BCUT2D eigenvalue weighted by Crippen LogP contribution is 2.32. The van der Waals surface area contributed by atoms with E-state index in [0.717, 1.165) is 18.2 Å². The highest BCUT2D eigenvalue weighted by molar-refractivity contribution is 7.98. The lowest BCUT2D eigenvalue weighted by Gasteiger charge is -2.44. The Morgan fingerprint density at radius 1 is 1.29 bits per heavy atom. The number of carbonyl (C=O) groups is 1. The molecule has 5 nitrogen and oxygen atoms in total. The predicted molar refractivity (Wildman–Crippen MR) is 96.2 cm³/mol. The monoisotopic (exact) mass is 345 g/mol. The molecule has 2 bridgehead atoms. The summed E-state index contributed by atoms with van der Waals surface area (Å²) < 4.78 is 9.89. The number of nitrogens with one attached hydrogen (secondary N) is 1. The summed E-state index contributed by atoms with van der Waals surface area (Å²) in [6.45, 7) is 4.01. The van der Waals surface area contributed by atoms with E-state index in [1.54, 1.807) is 0 Å². The van der Waals surface area contributed by atoms with Gasteiger partial charge < -0.3 is 9.64 Å². The molecule has 5 rings (SSSR count). The summed E-state index contributed by atoms with van der Waals surface area (Å²) in [6.07, 6.45) is 2.12. The van der Waals surface area contributed by atoms with E-state index in [4.69, 9.17) is 4.74 Å². The van der Waals surface area contributed by atoms with E-state index in [2.05, 4.69) is 26.7 Å². The molecular weight excluding hydrogens is 322 g/mol. The molecule has 4 aliphatic rings. The summed E-state index contributed by atoms with van der Waals surface area (Å²) in [4.78, 5) is 14.7. The number of hydrogen-bond donors (Lipinski definition) is 1. The van der Waals surface area contributed by atoms with Crippen molar-refractivity contribution >= 4 is 23.9 Å². The third kappa shape index (κ3) is 3.44. The molecule has 1 N–H and O–H groups in total. The first-order chi connectivity index (χ1) is 11.8. The number of piperidine rings is 3. The number of carbonyl (C=O) groups excluding carboxylic acids is 1. The van der Waals surface area contributed by atoms with Crippen LogP contribution in [0, 0.1) is 11.8 Å². The maximum absolute atomic E-state index is 12.2. The van der Waals surface area contributed by atoms with Gasteiger partial charge in [-0.25, -0.2) is 9.19 Å². The molecule has 1 aromatic carbocycles. The van der Waals surface area contributed by atoms with Crippen molar-refractivity contribution in [2.24, 2.45) is 16.2 Å². The zero-order valence-electron chi connectivity index (χ0n) is 13.7. The highest BCUT2D eigenvalue weighted by atomic mass is 32.2. The number of alkyl carbamates (subject to hydrolysis) is 1. The standard InChI is InChI=1S/C18H23N3O2S/c22-18(23-11-15-10-21-8-6-13(15)7-9-21)19-17-16(12-24-20-17)14-4-2-1-3-5-14/h1-5,13,15-16H,6-12H2,(H,19,20,22). The predicted octanol–water partition coefficient (Wildman–Crippen LogP) is 2.90. The number of rotatable bonds is 3. The normalized spacial score (nSPS) is 31.6. The smallest absolute Gasteiger partial charge is 0.412 e. The minimum Gasteiger partial charge on any atom is -0.449 e. The van der Waals surface area contributed by atoms with Crippen LogP contribution in [0.5, 0.6) is 0 Å². The van der Waals surface area contributed by atoms with Crippen molar-refractivity contribution in [3.8, 4) is 0 Å². The Labute approximate surface area is 147 Å². The molecule has 1 amide bonds. The van der Waals surface area contributed by atoms with E-state index in [-0.39, 0.29) is 12.0 Å². The summed E-state index contributed by atoms with van der Waals surface area (Å²) in [5.41, 5.74) is 1.18. The molecular formula is C18H23N3O2S. The second kappa shape index (κ2) is 7.15. The Balaban J connectivity index is 1.30. The lowest BCUT2D eigenvalue weighted by molar-refractivity contribution is 0.0134. The quantitative estimate of drug-likeness (QED) is 0.856. The first-order valence-electron chi connectivity index (χ1n) is 8.70. The molecule has 1 aromatic rings. The number of hydrogen-bond acceptors (Lipinski definition) is 5. The Bertz CT molecular complexity index is 614. The van der Waals surface area contributed by atoms with Crippen LogP contribution < -0.4 is 5.32 Å². The number of amidine groups is 1. The lowest BCUT2D eigenvalue weighted by Crippen LogP contribution is -2.49. The van der Waals surface area contributed by atoms with Crippen molar-refractivity contribution in [1.29, 1.82) is 0 Å². The molecule has 0 radical (unpaired) electrons. The van der Waals surface area contributed by atoms with Gasteiger partial charge in [0, 0.05) is 18.2 Å². The molecule has 0 spiro atoms. The number of benzene rings is 1. The van der Waals surface area contributed by atoms with Gasteiger partial charge in [-0.2, -0.15) is 0 Å². The van der Waals surface area contributed by atoms with Gasteiger partial charge >= 0.3 is 6.09 Å². The minimum absolute atomic E-state index is 0.139. The minimum atomic E-state index is -0.367. The molecule has 0 aliphatic carbocycles. The Hall–Kier alpha value is -1.53. The fourth-order valence-electron chi connectivity index (χ4n) is 3.97. The largest absolute Gasteiger partial charge is 0.449 e. The van der Waals surface area contributed by atoms with Crippen molar-refractivity contribution in [2.45, 2.75) is 18.8 Å². The van der Waals surface area contributed by atoms with Crippen molar-refractivity contribution in [1.82, 2.24) is 10.2 Å². The molecule has 2 unspecified atom stereocenters. The molecule has 4 heterocycles. The van der Waals surface area contributed by atoms with Crippen molar-refractivity contribution in [3.05, 3.63) is 35.9 Å². The Morgan fingerprint density at radius 2 is 2.08 bits per heavy atom. The Kier molecular flexibility index (Phi) is 4.76. The fourth-order valence-corrected chi connectivity index (χ4v) is 4.86. The maximum atomic E-state index is 12.2. The zero-order chi connectivity index (χ0) is 16.4. The van der Waals surface area contributed by atoms with Crippen molar-refractivity contribution in [3.63, 3.8) is 0 Å². The SMILES string of the molecule is O=C(NC1=NSCC1c1ccccc1)OCC1CN2CCC1CC2. The molecule has 0 saturated carbocycles. The van der Waals surface area contributed by atoms with E-state index >= 15 is 0 Å². The van der Waals surface area contributed by atoms with E-state index in [1.165, 1.54) is 43.4 Å². The van der Waals surface area contributed by atoms with Crippen LogP contribution in [0.2, 0.25) is 0 Å². The third-order valence-electron chi connectivity index (χ3n) is 5.39. The summed E-state index contributed by atoms with van der Waals surface area (Å²) in [7, 11) is 0. The second-order valence-electron chi connectivity index (χ2n) is 6.86. The van der Waals surface area contributed by atoms with E-state index in [0.29, 0.717) is 18.4 Å². The second-order valence-corrected chi connectivity index (χ2v) is 7.63. The highest BCUT2D eigenvalue weighted by Gasteiger charge is 2.35. The summed E-state index contributed by atoms with van der Waals surface area (Å²) in [5, 5.41) is 2.87.